The zero-order valence-corrected chi connectivity index (χ0v) is 27.0. The third-order valence-corrected chi connectivity index (χ3v) is 9.21. The number of aromatic nitrogens is 4. The lowest BCUT2D eigenvalue weighted by atomic mass is 9.98. The van der Waals surface area contributed by atoms with Crippen molar-refractivity contribution in [2.75, 3.05) is 23.3 Å². The average Bonchev–Trinajstić information content (AvgIpc) is 3.82. The molecule has 15 heteroatoms. The maximum atomic E-state index is 13.4. The van der Waals surface area contributed by atoms with E-state index in [9.17, 15) is 32.3 Å². The van der Waals surface area contributed by atoms with Gasteiger partial charge in [0.05, 0.1) is 34.6 Å². The molecule has 3 aliphatic rings. The van der Waals surface area contributed by atoms with E-state index in [-0.39, 0.29) is 35.5 Å². The lowest BCUT2D eigenvalue weighted by molar-refractivity contribution is -0.138. The van der Waals surface area contributed by atoms with Crippen molar-refractivity contribution in [3.63, 3.8) is 0 Å². The summed E-state index contributed by atoms with van der Waals surface area (Å²) in [6, 6.07) is 9.57. The van der Waals surface area contributed by atoms with Crippen LogP contribution in [0.15, 0.2) is 67.3 Å². The van der Waals surface area contributed by atoms with Crippen LogP contribution >= 0.6 is 0 Å². The summed E-state index contributed by atoms with van der Waals surface area (Å²) in [5.41, 5.74) is 1.07. The molecule has 0 aliphatic carbocycles. The van der Waals surface area contributed by atoms with E-state index in [0.29, 0.717) is 37.2 Å². The summed E-state index contributed by atoms with van der Waals surface area (Å²) in [5, 5.41) is 13.4. The number of piperidine rings is 1. The molecule has 2 aromatic carbocycles. The molecule has 2 aromatic heterocycles. The Labute approximate surface area is 284 Å². The van der Waals surface area contributed by atoms with Crippen molar-refractivity contribution < 1.29 is 32.3 Å². The second kappa shape index (κ2) is 12.2. The molecule has 4 aromatic rings. The van der Waals surface area contributed by atoms with Gasteiger partial charge in [-0.2, -0.15) is 23.4 Å². The van der Waals surface area contributed by atoms with Gasteiger partial charge in [0.1, 0.15) is 11.6 Å². The van der Waals surface area contributed by atoms with E-state index < -0.39 is 35.1 Å². The third kappa shape index (κ3) is 6.08. The second-order valence-electron chi connectivity index (χ2n) is 13.0. The largest absolute Gasteiger partial charge is 0.416 e. The molecular formula is C35H31F3N8O4. The Morgan fingerprint density at radius 2 is 1.86 bits per heavy atom. The molecule has 4 amide bonds. The zero-order chi connectivity index (χ0) is 35.4. The first-order valence-electron chi connectivity index (χ1n) is 15.9. The molecular weight excluding hydrogens is 653 g/mol. The highest BCUT2D eigenvalue weighted by Crippen LogP contribution is 2.35. The van der Waals surface area contributed by atoms with Gasteiger partial charge in [0.15, 0.2) is 0 Å². The summed E-state index contributed by atoms with van der Waals surface area (Å²) < 4.78 is 43.0. The minimum atomic E-state index is -4.57. The topological polar surface area (TPSA) is 134 Å². The number of alkyl halides is 3. The van der Waals surface area contributed by atoms with E-state index >= 15 is 0 Å². The van der Waals surface area contributed by atoms with E-state index in [2.05, 4.69) is 37.6 Å². The fourth-order valence-corrected chi connectivity index (χ4v) is 6.21. The highest BCUT2D eigenvalue weighted by atomic mass is 19.4. The van der Waals surface area contributed by atoms with Crippen LogP contribution in [0.5, 0.6) is 0 Å². The van der Waals surface area contributed by atoms with Crippen molar-refractivity contribution in [3.8, 4) is 17.5 Å². The lowest BCUT2D eigenvalue weighted by Gasteiger charge is -2.38. The van der Waals surface area contributed by atoms with Crippen LogP contribution in [0.1, 0.15) is 53.7 Å². The first-order chi connectivity index (χ1) is 23.8. The number of benzene rings is 2. The Bertz CT molecular complexity index is 2090. The van der Waals surface area contributed by atoms with Gasteiger partial charge in [0.25, 0.3) is 11.8 Å². The number of nitrogens with zero attached hydrogens (tertiary/aromatic N) is 6. The molecule has 0 bridgehead atoms. The summed E-state index contributed by atoms with van der Waals surface area (Å²) in [6.45, 7) is 4.93. The molecule has 2 N–H and O–H groups in total. The zero-order valence-electron chi connectivity index (χ0n) is 27.0. The quantitative estimate of drug-likeness (QED) is 0.234. The summed E-state index contributed by atoms with van der Waals surface area (Å²) in [4.78, 5) is 54.0. The molecule has 0 saturated carbocycles. The minimum absolute atomic E-state index is 0.0677. The number of halogens is 3. The monoisotopic (exact) mass is 684 g/mol. The van der Waals surface area contributed by atoms with Gasteiger partial charge in [-0.05, 0) is 68.3 Å². The third-order valence-electron chi connectivity index (χ3n) is 9.21. The first kappa shape index (κ1) is 32.6. The Hall–Kier alpha value is -5.91. The van der Waals surface area contributed by atoms with E-state index in [1.165, 1.54) is 32.7 Å². The SMILES string of the molecule is CC(C)(C(=O)Nc1ccc(C(F)(F)F)cc1-n1cccn1)n1cc(C#CC2CN(c3ccc4c(c3)CN(C3CCC(=O)NC3=O)C4=O)C2)cn1. The van der Waals surface area contributed by atoms with E-state index in [1.807, 2.05) is 12.1 Å². The number of carbonyl (C=O) groups is 4. The van der Waals surface area contributed by atoms with E-state index in [1.54, 1.807) is 38.4 Å². The van der Waals surface area contributed by atoms with Crippen LogP contribution in [0.3, 0.4) is 0 Å². The van der Waals surface area contributed by atoms with Gasteiger partial charge >= 0.3 is 6.18 Å². The molecule has 1 atom stereocenters. The minimum Gasteiger partial charge on any atom is -0.369 e. The number of hydrogen-bond acceptors (Lipinski definition) is 7. The van der Waals surface area contributed by atoms with Crippen molar-refractivity contribution in [3.05, 3.63) is 89.5 Å². The summed E-state index contributed by atoms with van der Waals surface area (Å²) in [7, 11) is 0. The number of rotatable bonds is 6. The number of nitrogens with one attached hydrogen (secondary N) is 2. The summed E-state index contributed by atoms with van der Waals surface area (Å²) >= 11 is 0. The molecule has 5 heterocycles. The van der Waals surface area contributed by atoms with Crippen LogP contribution in [0, 0.1) is 17.8 Å². The molecule has 256 valence electrons. The smallest absolute Gasteiger partial charge is 0.369 e. The van der Waals surface area contributed by atoms with Crippen LogP contribution in [-0.2, 0) is 32.6 Å². The summed E-state index contributed by atoms with van der Waals surface area (Å²) in [6.07, 6.45) is 2.06. The Kier molecular flexibility index (Phi) is 7.96. The average molecular weight is 685 g/mol. The predicted molar refractivity (Wildman–Crippen MR) is 174 cm³/mol. The molecule has 0 spiro atoms. The van der Waals surface area contributed by atoms with Crippen molar-refractivity contribution in [2.24, 2.45) is 5.92 Å². The standard InChI is InChI=1S/C35H31F3N8O4/c1-34(2,33(50)41-27-9-6-24(35(36,37)38)15-29(27)45-13-3-12-39-45)46-19-21(16-40-46)4-5-22-17-43(18-22)25-7-8-26-23(14-25)20-44(32(26)49)28-10-11-30(47)42-31(28)48/h3,6-9,12-16,19,22,28H,10-11,17-18,20H2,1-2H3,(H,41,50)(H,42,47,48). The van der Waals surface area contributed by atoms with Crippen molar-refractivity contribution in [1.82, 2.24) is 29.8 Å². The molecule has 1 unspecified atom stereocenters. The van der Waals surface area contributed by atoms with Crippen LogP contribution in [-0.4, -0.2) is 67.2 Å². The normalized spacial score (nSPS) is 17.9. The van der Waals surface area contributed by atoms with Gasteiger partial charge in [-0.25, -0.2) is 4.68 Å². The van der Waals surface area contributed by atoms with Gasteiger partial charge in [0, 0.05) is 55.9 Å². The molecule has 7 rings (SSSR count). The molecule has 12 nitrogen and oxygen atoms in total. The maximum Gasteiger partial charge on any atom is 0.416 e. The Balaban J connectivity index is 0.977. The van der Waals surface area contributed by atoms with Crippen LogP contribution in [0.4, 0.5) is 24.5 Å². The van der Waals surface area contributed by atoms with Gasteiger partial charge in [-0.15, -0.1) is 0 Å². The van der Waals surface area contributed by atoms with E-state index in [0.717, 1.165) is 23.4 Å². The van der Waals surface area contributed by atoms with Crippen molar-refractivity contribution in [1.29, 1.82) is 0 Å². The van der Waals surface area contributed by atoms with Crippen LogP contribution < -0.4 is 15.5 Å². The van der Waals surface area contributed by atoms with Gasteiger partial charge in [-0.3, -0.25) is 29.2 Å². The lowest BCUT2D eigenvalue weighted by Crippen LogP contribution is -2.52. The molecule has 3 aliphatic heterocycles. The highest BCUT2D eigenvalue weighted by molar-refractivity contribution is 6.05. The Morgan fingerprint density at radius 3 is 2.58 bits per heavy atom. The van der Waals surface area contributed by atoms with Gasteiger partial charge < -0.3 is 15.1 Å². The second-order valence-corrected chi connectivity index (χ2v) is 13.0. The van der Waals surface area contributed by atoms with Crippen molar-refractivity contribution >= 4 is 35.0 Å². The number of hydrogen-bond donors (Lipinski definition) is 2. The first-order valence-corrected chi connectivity index (χ1v) is 15.9. The number of carbonyl (C=O) groups excluding carboxylic acids is 4. The maximum absolute atomic E-state index is 13.4. The number of fused-ring (bicyclic) bond motifs is 1. The number of anilines is 2. The number of amides is 4. The van der Waals surface area contributed by atoms with Gasteiger partial charge in [-0.1, -0.05) is 11.8 Å². The van der Waals surface area contributed by atoms with Gasteiger partial charge in [0.2, 0.25) is 11.8 Å². The molecule has 50 heavy (non-hydrogen) atoms. The molecule has 2 saturated heterocycles. The molecule has 2 fully saturated rings. The van der Waals surface area contributed by atoms with Crippen LogP contribution in [0.2, 0.25) is 0 Å². The summed E-state index contributed by atoms with van der Waals surface area (Å²) in [5.74, 6) is 4.96. The van der Waals surface area contributed by atoms with Crippen molar-refractivity contribution in [2.45, 2.75) is 51.0 Å². The fourth-order valence-electron chi connectivity index (χ4n) is 6.21. The van der Waals surface area contributed by atoms with Crippen LogP contribution in [0.25, 0.3) is 5.69 Å². The predicted octanol–water partition coefficient (Wildman–Crippen LogP) is 3.71. The molecule has 0 radical (unpaired) electrons. The Morgan fingerprint density at radius 1 is 1.06 bits per heavy atom. The highest BCUT2D eigenvalue weighted by Gasteiger charge is 2.40. The van der Waals surface area contributed by atoms with E-state index in [4.69, 9.17) is 0 Å². The number of imide groups is 1. The fraction of sp³-hybridized carbons (Fsp3) is 0.314.